The topological polar surface area (TPSA) is 86.8 Å². The molecule has 3 rings (SSSR count). The Morgan fingerprint density at radius 2 is 1.60 bits per heavy atom. The number of nitrogens with one attached hydrogen (secondary N) is 1. The number of carbonyl (C=O) groups is 2. The molecule has 3 aromatic carbocycles. The molecule has 0 saturated heterocycles. The van der Waals surface area contributed by atoms with Crippen LogP contribution in [0.2, 0.25) is 10.0 Å². The van der Waals surface area contributed by atoms with Crippen molar-refractivity contribution >= 4 is 50.7 Å². The van der Waals surface area contributed by atoms with Crippen LogP contribution >= 0.6 is 23.2 Å². The Kier molecular flexibility index (Phi) is 11.0. The van der Waals surface area contributed by atoms with Gasteiger partial charge in [0.05, 0.1) is 11.9 Å². The fraction of sp³-hybridized carbons (Fsp3) is 0.310. The smallest absolute Gasteiger partial charge is 0.244 e. The summed E-state index contributed by atoms with van der Waals surface area (Å²) < 4.78 is 40.3. The number of nitrogens with zero attached hydrogens (tertiary/aromatic N) is 2. The molecule has 11 heteroatoms. The van der Waals surface area contributed by atoms with Gasteiger partial charge in [-0.2, -0.15) is 0 Å². The largest absolute Gasteiger partial charge is 0.352 e. The number of rotatable bonds is 12. The summed E-state index contributed by atoms with van der Waals surface area (Å²) in [6.07, 6.45) is 1.74. The minimum atomic E-state index is -4.01. The summed E-state index contributed by atoms with van der Waals surface area (Å²) in [7, 11) is -4.01. The standard InChI is InChI=1S/C29H32Cl2FN3O4S/c1-4-20(2)33-29(37)27(16-21-10-6-5-7-11-21)34(18-24-25(30)14-9-15-26(24)31)28(36)19-35(40(3,38)39)23-13-8-12-22(32)17-23/h5-15,17,20,27H,4,16,18-19H2,1-3H3,(H,33,37)/t20-,27+/m1/s1. The second-order valence-corrected chi connectivity index (χ2v) is 12.2. The molecule has 0 unspecified atom stereocenters. The highest BCUT2D eigenvalue weighted by Gasteiger charge is 2.34. The lowest BCUT2D eigenvalue weighted by Crippen LogP contribution is -2.54. The Hall–Kier alpha value is -3.14. The van der Waals surface area contributed by atoms with Gasteiger partial charge in [0.1, 0.15) is 18.4 Å². The highest BCUT2D eigenvalue weighted by Crippen LogP contribution is 2.28. The SMILES string of the molecule is CC[C@@H](C)NC(=O)[C@H](Cc1ccccc1)N(Cc1c(Cl)cccc1Cl)C(=O)CN(c1cccc(F)c1)S(C)(=O)=O. The van der Waals surface area contributed by atoms with Crippen LogP contribution < -0.4 is 9.62 Å². The zero-order chi connectivity index (χ0) is 29.4. The average Bonchev–Trinajstić information content (AvgIpc) is 2.90. The fourth-order valence-electron chi connectivity index (χ4n) is 4.09. The monoisotopic (exact) mass is 607 g/mol. The van der Waals surface area contributed by atoms with Crippen molar-refractivity contribution < 1.29 is 22.4 Å². The Balaban J connectivity index is 2.11. The molecule has 0 aliphatic carbocycles. The van der Waals surface area contributed by atoms with Crippen LogP contribution in [0.3, 0.4) is 0 Å². The summed E-state index contributed by atoms with van der Waals surface area (Å²) in [6.45, 7) is 2.94. The van der Waals surface area contributed by atoms with Gasteiger partial charge in [-0.15, -0.1) is 0 Å². The van der Waals surface area contributed by atoms with Crippen molar-refractivity contribution in [2.24, 2.45) is 0 Å². The third-order valence-corrected chi connectivity index (χ3v) is 8.29. The van der Waals surface area contributed by atoms with Gasteiger partial charge >= 0.3 is 0 Å². The van der Waals surface area contributed by atoms with Crippen LogP contribution in [0, 0.1) is 5.82 Å². The maximum atomic E-state index is 14.0. The van der Waals surface area contributed by atoms with E-state index in [1.54, 1.807) is 18.2 Å². The second kappa shape index (κ2) is 14.0. The molecule has 0 bridgehead atoms. The minimum absolute atomic E-state index is 0.0183. The van der Waals surface area contributed by atoms with E-state index >= 15 is 0 Å². The number of amides is 2. The quantitative estimate of drug-likeness (QED) is 0.296. The van der Waals surface area contributed by atoms with Gasteiger partial charge in [0.25, 0.3) is 0 Å². The van der Waals surface area contributed by atoms with Gasteiger partial charge in [-0.25, -0.2) is 12.8 Å². The first-order chi connectivity index (χ1) is 18.9. The maximum Gasteiger partial charge on any atom is 0.244 e. The molecule has 3 aromatic rings. The lowest BCUT2D eigenvalue weighted by molar-refractivity contribution is -0.140. The Morgan fingerprint density at radius 3 is 2.17 bits per heavy atom. The van der Waals surface area contributed by atoms with Crippen LogP contribution in [0.4, 0.5) is 10.1 Å². The molecule has 0 aromatic heterocycles. The van der Waals surface area contributed by atoms with Crippen LogP contribution in [-0.4, -0.2) is 50.0 Å². The van der Waals surface area contributed by atoms with E-state index < -0.39 is 40.2 Å². The maximum absolute atomic E-state index is 14.0. The molecule has 7 nitrogen and oxygen atoms in total. The molecule has 0 spiro atoms. The number of hydrogen-bond acceptors (Lipinski definition) is 4. The summed E-state index contributed by atoms with van der Waals surface area (Å²) in [5.74, 6) is -1.76. The Morgan fingerprint density at radius 1 is 0.975 bits per heavy atom. The zero-order valence-corrected chi connectivity index (χ0v) is 24.8. The van der Waals surface area contributed by atoms with Crippen molar-refractivity contribution in [1.82, 2.24) is 10.2 Å². The molecule has 214 valence electrons. The molecular formula is C29H32Cl2FN3O4S. The van der Waals surface area contributed by atoms with Crippen molar-refractivity contribution in [3.8, 4) is 0 Å². The highest BCUT2D eigenvalue weighted by molar-refractivity contribution is 7.92. The number of benzene rings is 3. The van der Waals surface area contributed by atoms with Crippen LogP contribution in [0.25, 0.3) is 0 Å². The van der Waals surface area contributed by atoms with Crippen molar-refractivity contribution in [2.75, 3.05) is 17.1 Å². The molecule has 2 amide bonds. The van der Waals surface area contributed by atoms with E-state index in [0.29, 0.717) is 12.0 Å². The van der Waals surface area contributed by atoms with E-state index in [2.05, 4.69) is 5.32 Å². The van der Waals surface area contributed by atoms with Crippen molar-refractivity contribution in [2.45, 2.75) is 45.3 Å². The van der Waals surface area contributed by atoms with Gasteiger partial charge < -0.3 is 10.2 Å². The number of sulfonamides is 1. The van der Waals surface area contributed by atoms with Gasteiger partial charge in [0.2, 0.25) is 21.8 Å². The number of anilines is 1. The van der Waals surface area contributed by atoms with Crippen LogP contribution in [0.15, 0.2) is 72.8 Å². The fourth-order valence-corrected chi connectivity index (χ4v) is 5.45. The Labute approximate surface area is 244 Å². The lowest BCUT2D eigenvalue weighted by Gasteiger charge is -2.34. The molecule has 40 heavy (non-hydrogen) atoms. The third-order valence-electron chi connectivity index (χ3n) is 6.44. The van der Waals surface area contributed by atoms with Crippen molar-refractivity contribution in [3.63, 3.8) is 0 Å². The van der Waals surface area contributed by atoms with Gasteiger partial charge in [-0.1, -0.05) is 72.6 Å². The summed E-state index contributed by atoms with van der Waals surface area (Å²) in [6, 6.07) is 17.8. The first-order valence-electron chi connectivity index (χ1n) is 12.7. The van der Waals surface area contributed by atoms with Gasteiger partial charge in [0, 0.05) is 34.6 Å². The summed E-state index contributed by atoms with van der Waals surface area (Å²) in [5, 5.41) is 3.52. The van der Waals surface area contributed by atoms with Crippen LogP contribution in [0.5, 0.6) is 0 Å². The van der Waals surface area contributed by atoms with E-state index in [1.165, 1.54) is 23.1 Å². The first kappa shape index (κ1) is 31.4. The van der Waals surface area contributed by atoms with Crippen LogP contribution in [-0.2, 0) is 32.6 Å². The van der Waals surface area contributed by atoms with Crippen molar-refractivity contribution in [3.05, 3.63) is 99.8 Å². The summed E-state index contributed by atoms with van der Waals surface area (Å²) in [4.78, 5) is 29.0. The van der Waals surface area contributed by atoms with E-state index in [9.17, 15) is 22.4 Å². The number of carbonyl (C=O) groups excluding carboxylic acids is 2. The normalized spacial score (nSPS) is 12.8. The van der Waals surface area contributed by atoms with Gasteiger partial charge in [-0.05, 0) is 49.2 Å². The molecule has 0 aliphatic heterocycles. The molecule has 0 aliphatic rings. The van der Waals surface area contributed by atoms with E-state index in [-0.39, 0.29) is 34.7 Å². The molecule has 0 radical (unpaired) electrons. The highest BCUT2D eigenvalue weighted by atomic mass is 35.5. The zero-order valence-electron chi connectivity index (χ0n) is 22.5. The minimum Gasteiger partial charge on any atom is -0.352 e. The molecule has 0 heterocycles. The summed E-state index contributed by atoms with van der Waals surface area (Å²) >= 11 is 12.9. The molecule has 0 fully saturated rings. The van der Waals surface area contributed by atoms with Gasteiger partial charge in [-0.3, -0.25) is 13.9 Å². The van der Waals surface area contributed by atoms with Crippen LogP contribution in [0.1, 0.15) is 31.4 Å². The third kappa shape index (κ3) is 8.43. The Bertz CT molecular complexity index is 1420. The predicted molar refractivity (Wildman–Crippen MR) is 157 cm³/mol. The van der Waals surface area contributed by atoms with E-state index in [0.717, 1.165) is 22.2 Å². The van der Waals surface area contributed by atoms with Crippen molar-refractivity contribution in [1.29, 1.82) is 0 Å². The predicted octanol–water partition coefficient (Wildman–Crippen LogP) is 5.45. The number of halogens is 3. The number of hydrogen-bond donors (Lipinski definition) is 1. The summed E-state index contributed by atoms with van der Waals surface area (Å²) in [5.41, 5.74) is 1.18. The van der Waals surface area contributed by atoms with E-state index in [4.69, 9.17) is 23.2 Å². The molecule has 0 saturated carbocycles. The second-order valence-electron chi connectivity index (χ2n) is 9.49. The lowest BCUT2D eigenvalue weighted by atomic mass is 10.0. The van der Waals surface area contributed by atoms with Gasteiger partial charge in [0.15, 0.2) is 0 Å². The average molecular weight is 609 g/mol. The molecule has 1 N–H and O–H groups in total. The van der Waals surface area contributed by atoms with E-state index in [1.807, 2.05) is 44.2 Å². The molecular weight excluding hydrogens is 576 g/mol. The first-order valence-corrected chi connectivity index (χ1v) is 15.3. The molecule has 2 atom stereocenters.